The van der Waals surface area contributed by atoms with E-state index < -0.39 is 17.9 Å². The molecule has 8 nitrogen and oxygen atoms in total. The minimum absolute atomic E-state index is 0.00931. The van der Waals surface area contributed by atoms with Gasteiger partial charge in [0.1, 0.15) is 6.04 Å². The smallest absolute Gasteiger partial charge is 0.326 e. The Morgan fingerprint density at radius 1 is 1.38 bits per heavy atom. The van der Waals surface area contributed by atoms with Gasteiger partial charge in [0.2, 0.25) is 5.82 Å². The first-order valence-corrected chi connectivity index (χ1v) is 6.80. The molecule has 1 aliphatic heterocycles. The molecule has 2 aromatic heterocycles. The molecule has 2 aromatic rings. The van der Waals surface area contributed by atoms with Crippen LogP contribution < -0.4 is 0 Å². The number of aliphatic carboxylic acids is 1. The number of likely N-dealkylation sites (tertiary alicyclic amines) is 1. The van der Waals surface area contributed by atoms with Crippen LogP contribution in [0.4, 0.5) is 0 Å². The highest BCUT2D eigenvalue weighted by atomic mass is 16.4. The number of carboxylic acids is 1. The highest BCUT2D eigenvalue weighted by molar-refractivity contribution is 5.94. The number of carbonyl (C=O) groups is 2. The van der Waals surface area contributed by atoms with E-state index in [0.29, 0.717) is 18.7 Å². The summed E-state index contributed by atoms with van der Waals surface area (Å²) in [7, 11) is 0. The van der Waals surface area contributed by atoms with E-state index in [9.17, 15) is 14.7 Å². The Bertz CT molecular complexity index is 711. The molecule has 0 aliphatic carbocycles. The number of nitrogens with zero attached hydrogens (tertiary/aromatic N) is 5. The van der Waals surface area contributed by atoms with E-state index >= 15 is 0 Å². The second kappa shape index (κ2) is 5.12. The lowest BCUT2D eigenvalue weighted by Crippen LogP contribution is -2.48. The van der Waals surface area contributed by atoms with Crippen molar-refractivity contribution in [1.82, 2.24) is 24.5 Å². The molecule has 0 bridgehead atoms. The monoisotopic (exact) mass is 289 g/mol. The van der Waals surface area contributed by atoms with Gasteiger partial charge in [0, 0.05) is 18.4 Å². The third kappa shape index (κ3) is 2.32. The number of rotatable bonds is 2. The van der Waals surface area contributed by atoms with Crippen LogP contribution in [0.3, 0.4) is 0 Å². The summed E-state index contributed by atoms with van der Waals surface area (Å²) >= 11 is 0. The van der Waals surface area contributed by atoms with E-state index in [0.717, 1.165) is 18.5 Å². The second-order valence-corrected chi connectivity index (χ2v) is 5.08. The van der Waals surface area contributed by atoms with Crippen LogP contribution in [-0.2, 0) is 4.79 Å². The van der Waals surface area contributed by atoms with Gasteiger partial charge in [-0.3, -0.25) is 4.79 Å². The van der Waals surface area contributed by atoms with E-state index in [2.05, 4.69) is 15.1 Å². The fourth-order valence-corrected chi connectivity index (χ4v) is 2.56. The van der Waals surface area contributed by atoms with Crippen molar-refractivity contribution >= 4 is 17.7 Å². The SMILES string of the molecule is Cc1ccnc2nc(C(=O)N3CCCC[C@@H]3C(=O)O)nn12. The highest BCUT2D eigenvalue weighted by Crippen LogP contribution is 2.19. The Hall–Kier alpha value is -2.51. The van der Waals surface area contributed by atoms with Gasteiger partial charge in [-0.05, 0) is 32.3 Å². The Morgan fingerprint density at radius 3 is 2.90 bits per heavy atom. The third-order valence-corrected chi connectivity index (χ3v) is 3.67. The van der Waals surface area contributed by atoms with E-state index in [1.807, 2.05) is 6.92 Å². The first-order valence-electron chi connectivity index (χ1n) is 6.80. The molecule has 1 N–H and O–H groups in total. The molecule has 3 rings (SSSR count). The molecule has 110 valence electrons. The maximum Gasteiger partial charge on any atom is 0.326 e. The number of aromatic nitrogens is 4. The summed E-state index contributed by atoms with van der Waals surface area (Å²) in [5.41, 5.74) is 0.806. The highest BCUT2D eigenvalue weighted by Gasteiger charge is 2.34. The van der Waals surface area contributed by atoms with Gasteiger partial charge >= 0.3 is 5.97 Å². The molecular weight excluding hydrogens is 274 g/mol. The Labute approximate surface area is 120 Å². The van der Waals surface area contributed by atoms with Crippen molar-refractivity contribution in [2.24, 2.45) is 0 Å². The zero-order valence-electron chi connectivity index (χ0n) is 11.6. The van der Waals surface area contributed by atoms with Crippen molar-refractivity contribution in [3.8, 4) is 0 Å². The number of hydrogen-bond acceptors (Lipinski definition) is 5. The Kier molecular flexibility index (Phi) is 3.28. The van der Waals surface area contributed by atoms with Crippen molar-refractivity contribution in [2.45, 2.75) is 32.2 Å². The predicted octanol–water partition coefficient (Wildman–Crippen LogP) is 0.512. The minimum atomic E-state index is -0.985. The van der Waals surface area contributed by atoms with Crippen LogP contribution in [-0.4, -0.2) is 54.1 Å². The molecule has 0 saturated carbocycles. The normalized spacial score (nSPS) is 18.9. The summed E-state index contributed by atoms with van der Waals surface area (Å²) in [4.78, 5) is 33.3. The quantitative estimate of drug-likeness (QED) is 0.864. The number of aryl methyl sites for hydroxylation is 1. The largest absolute Gasteiger partial charge is 0.480 e. The van der Waals surface area contributed by atoms with Crippen molar-refractivity contribution in [3.05, 3.63) is 23.8 Å². The number of carboxylic acid groups (broad SMARTS) is 1. The summed E-state index contributed by atoms with van der Waals surface area (Å²) < 4.78 is 1.48. The zero-order valence-corrected chi connectivity index (χ0v) is 11.6. The van der Waals surface area contributed by atoms with Crippen LogP contribution in [0.15, 0.2) is 12.3 Å². The van der Waals surface area contributed by atoms with Crippen molar-refractivity contribution < 1.29 is 14.7 Å². The zero-order chi connectivity index (χ0) is 15.0. The average molecular weight is 289 g/mol. The van der Waals surface area contributed by atoms with Gasteiger partial charge < -0.3 is 10.0 Å². The predicted molar refractivity (Wildman–Crippen MR) is 71.8 cm³/mol. The van der Waals surface area contributed by atoms with Gasteiger partial charge in [0.15, 0.2) is 0 Å². The van der Waals surface area contributed by atoms with Gasteiger partial charge in [-0.25, -0.2) is 14.3 Å². The summed E-state index contributed by atoms with van der Waals surface area (Å²) in [5.74, 6) is -1.11. The summed E-state index contributed by atoms with van der Waals surface area (Å²) in [5, 5.41) is 13.4. The molecule has 0 aromatic carbocycles. The molecule has 1 fully saturated rings. The molecule has 0 spiro atoms. The molecule has 8 heteroatoms. The van der Waals surface area contributed by atoms with Crippen molar-refractivity contribution in [1.29, 1.82) is 0 Å². The third-order valence-electron chi connectivity index (χ3n) is 3.67. The van der Waals surface area contributed by atoms with Crippen LogP contribution in [0.25, 0.3) is 5.78 Å². The topological polar surface area (TPSA) is 101 Å². The van der Waals surface area contributed by atoms with Gasteiger partial charge in [-0.2, -0.15) is 4.98 Å². The van der Waals surface area contributed by atoms with E-state index in [-0.39, 0.29) is 5.82 Å². The summed E-state index contributed by atoms with van der Waals surface area (Å²) in [6.07, 6.45) is 3.65. The van der Waals surface area contributed by atoms with Crippen LogP contribution in [0.2, 0.25) is 0 Å². The lowest BCUT2D eigenvalue weighted by molar-refractivity contribution is -0.143. The van der Waals surface area contributed by atoms with Gasteiger partial charge in [0.05, 0.1) is 0 Å². The van der Waals surface area contributed by atoms with Crippen LogP contribution >= 0.6 is 0 Å². The fourth-order valence-electron chi connectivity index (χ4n) is 2.56. The molecular formula is C13H15N5O3. The van der Waals surface area contributed by atoms with E-state index in [4.69, 9.17) is 0 Å². The van der Waals surface area contributed by atoms with E-state index in [1.165, 1.54) is 9.42 Å². The number of fused-ring (bicyclic) bond motifs is 1. The second-order valence-electron chi connectivity index (χ2n) is 5.08. The minimum Gasteiger partial charge on any atom is -0.480 e. The first-order chi connectivity index (χ1) is 10.1. The molecule has 1 amide bonds. The summed E-state index contributed by atoms with van der Waals surface area (Å²) in [6, 6.07) is 0.962. The van der Waals surface area contributed by atoms with Gasteiger partial charge in [-0.1, -0.05) is 0 Å². The Balaban J connectivity index is 1.95. The lowest BCUT2D eigenvalue weighted by atomic mass is 10.0. The molecule has 0 radical (unpaired) electrons. The summed E-state index contributed by atoms with van der Waals surface area (Å²) in [6.45, 7) is 2.25. The maximum absolute atomic E-state index is 12.5. The molecule has 0 unspecified atom stereocenters. The van der Waals surface area contributed by atoms with E-state index in [1.54, 1.807) is 12.3 Å². The molecule has 1 saturated heterocycles. The first kappa shape index (κ1) is 13.5. The number of piperidine rings is 1. The lowest BCUT2D eigenvalue weighted by Gasteiger charge is -2.31. The molecule has 1 aliphatic rings. The maximum atomic E-state index is 12.5. The van der Waals surface area contributed by atoms with Crippen LogP contribution in [0.1, 0.15) is 35.6 Å². The number of amides is 1. The number of hydrogen-bond donors (Lipinski definition) is 1. The average Bonchev–Trinajstić information content (AvgIpc) is 2.92. The Morgan fingerprint density at radius 2 is 2.19 bits per heavy atom. The molecule has 21 heavy (non-hydrogen) atoms. The number of carbonyl (C=O) groups excluding carboxylic acids is 1. The standard InChI is InChI=1S/C13H15N5O3/c1-8-5-6-14-13-15-10(16-18(8)13)11(19)17-7-3-2-4-9(17)12(20)21/h5-6,9H,2-4,7H2,1H3,(H,20,21)/t9-/m1/s1. The fraction of sp³-hybridized carbons (Fsp3) is 0.462. The molecule has 3 heterocycles. The van der Waals surface area contributed by atoms with Crippen molar-refractivity contribution in [3.63, 3.8) is 0 Å². The molecule has 1 atom stereocenters. The van der Waals surface area contributed by atoms with Gasteiger partial charge in [0.25, 0.3) is 11.7 Å². The van der Waals surface area contributed by atoms with Crippen molar-refractivity contribution in [2.75, 3.05) is 6.54 Å². The van der Waals surface area contributed by atoms with Gasteiger partial charge in [-0.15, -0.1) is 5.10 Å². The van der Waals surface area contributed by atoms with Crippen LogP contribution in [0.5, 0.6) is 0 Å². The van der Waals surface area contributed by atoms with Crippen LogP contribution in [0, 0.1) is 6.92 Å².